The van der Waals surface area contributed by atoms with Crippen LogP contribution in [0.2, 0.25) is 0 Å². The first kappa shape index (κ1) is 18.4. The van der Waals surface area contributed by atoms with Crippen LogP contribution in [-0.2, 0) is 9.53 Å². The third-order valence-corrected chi connectivity index (χ3v) is 2.85. The van der Waals surface area contributed by atoms with E-state index in [-0.39, 0.29) is 23.9 Å². The summed E-state index contributed by atoms with van der Waals surface area (Å²) in [6.07, 6.45) is 2.71. The highest BCUT2D eigenvalue weighted by molar-refractivity contribution is 7.98. The van der Waals surface area contributed by atoms with Gasteiger partial charge in [0.2, 0.25) is 5.91 Å². The normalized spacial score (nSPS) is 12.8. The van der Waals surface area contributed by atoms with Crippen LogP contribution in [0.1, 0.15) is 20.3 Å². The number of hydrogen-bond acceptors (Lipinski definition) is 4. The minimum Gasteiger partial charge on any atom is -0.377 e. The zero-order valence-corrected chi connectivity index (χ0v) is 12.0. The van der Waals surface area contributed by atoms with Crippen LogP contribution in [0.4, 0.5) is 0 Å². The molecule has 0 aromatic carbocycles. The van der Waals surface area contributed by atoms with Crippen LogP contribution >= 0.6 is 24.2 Å². The predicted octanol–water partition coefficient (Wildman–Crippen LogP) is 1.03. The summed E-state index contributed by atoms with van der Waals surface area (Å²) >= 11 is 1.69. The van der Waals surface area contributed by atoms with Crippen molar-refractivity contribution in [1.29, 1.82) is 0 Å². The number of carbonyl (C=O) groups is 1. The molecule has 16 heavy (non-hydrogen) atoms. The van der Waals surface area contributed by atoms with Crippen LogP contribution in [0.15, 0.2) is 0 Å². The van der Waals surface area contributed by atoms with E-state index in [1.165, 1.54) is 0 Å². The number of amides is 1. The molecule has 1 atom stereocenters. The molecule has 6 heteroatoms. The Hall–Kier alpha value is 0.0300. The molecular formula is C10H23ClN2O2S. The second kappa shape index (κ2) is 9.10. The second-order valence-electron chi connectivity index (χ2n) is 4.07. The number of nitrogens with two attached hydrogens (primary N) is 1. The molecule has 3 N–H and O–H groups in total. The Balaban J connectivity index is 0. The second-order valence-corrected chi connectivity index (χ2v) is 5.06. The van der Waals surface area contributed by atoms with Gasteiger partial charge < -0.3 is 15.8 Å². The summed E-state index contributed by atoms with van der Waals surface area (Å²) < 4.78 is 5.19. The molecule has 0 saturated carbocycles. The Bertz CT molecular complexity index is 203. The fourth-order valence-electron chi connectivity index (χ4n) is 0.879. The molecule has 0 unspecified atom stereocenters. The van der Waals surface area contributed by atoms with Crippen LogP contribution in [0.3, 0.4) is 0 Å². The molecule has 0 bridgehead atoms. The smallest absolute Gasteiger partial charge is 0.237 e. The lowest BCUT2D eigenvalue weighted by molar-refractivity contribution is -0.123. The first-order chi connectivity index (χ1) is 6.93. The molecule has 4 nitrogen and oxygen atoms in total. The zero-order chi connectivity index (χ0) is 11.9. The molecule has 0 aliphatic carbocycles. The number of rotatable bonds is 7. The first-order valence-corrected chi connectivity index (χ1v) is 6.39. The predicted molar refractivity (Wildman–Crippen MR) is 72.3 cm³/mol. The highest BCUT2D eigenvalue weighted by Gasteiger charge is 2.19. The SMILES string of the molecule is COC(C)(C)CNC(=O)[C@@H](N)CCSC.Cl. The molecule has 0 aromatic heterocycles. The largest absolute Gasteiger partial charge is 0.377 e. The van der Waals surface area contributed by atoms with E-state index in [0.29, 0.717) is 13.0 Å². The Morgan fingerprint density at radius 3 is 2.56 bits per heavy atom. The minimum atomic E-state index is -0.412. The van der Waals surface area contributed by atoms with Crippen LogP contribution in [0.5, 0.6) is 0 Å². The topological polar surface area (TPSA) is 64.3 Å². The number of halogens is 1. The van der Waals surface area contributed by atoms with E-state index in [0.717, 1.165) is 5.75 Å². The number of carbonyl (C=O) groups excluding carboxylic acids is 1. The van der Waals surface area contributed by atoms with Gasteiger partial charge in [-0.05, 0) is 32.3 Å². The first-order valence-electron chi connectivity index (χ1n) is 5.00. The van der Waals surface area contributed by atoms with Crippen LogP contribution in [-0.4, -0.2) is 43.2 Å². The maximum absolute atomic E-state index is 11.5. The molecule has 98 valence electrons. The molecule has 0 radical (unpaired) electrons. The van der Waals surface area contributed by atoms with Crippen molar-refractivity contribution in [2.45, 2.75) is 31.9 Å². The summed E-state index contributed by atoms with van der Waals surface area (Å²) in [6.45, 7) is 4.32. The van der Waals surface area contributed by atoms with Crippen molar-refractivity contribution in [2.24, 2.45) is 5.73 Å². The van der Waals surface area contributed by atoms with Gasteiger partial charge in [0, 0.05) is 13.7 Å². The molecule has 0 heterocycles. The Morgan fingerprint density at radius 1 is 1.56 bits per heavy atom. The van der Waals surface area contributed by atoms with Gasteiger partial charge in [0.1, 0.15) is 0 Å². The van der Waals surface area contributed by atoms with E-state index in [1.807, 2.05) is 20.1 Å². The highest BCUT2D eigenvalue weighted by atomic mass is 35.5. The fourth-order valence-corrected chi connectivity index (χ4v) is 1.37. The van der Waals surface area contributed by atoms with E-state index in [9.17, 15) is 4.79 Å². The van der Waals surface area contributed by atoms with E-state index in [4.69, 9.17) is 10.5 Å². The lowest BCUT2D eigenvalue weighted by atomic mass is 10.1. The number of ether oxygens (including phenoxy) is 1. The summed E-state index contributed by atoms with van der Waals surface area (Å²) in [5.41, 5.74) is 5.37. The summed E-state index contributed by atoms with van der Waals surface area (Å²) in [7, 11) is 1.62. The molecule has 0 rings (SSSR count). The van der Waals surface area contributed by atoms with Crippen molar-refractivity contribution >= 4 is 30.1 Å². The van der Waals surface area contributed by atoms with Gasteiger partial charge in [-0.2, -0.15) is 11.8 Å². The molecule has 0 fully saturated rings. The molecular weight excluding hydrogens is 248 g/mol. The van der Waals surface area contributed by atoms with Gasteiger partial charge in [0.15, 0.2) is 0 Å². The van der Waals surface area contributed by atoms with Crippen LogP contribution in [0, 0.1) is 0 Å². The molecule has 0 saturated heterocycles. The molecule has 0 aliphatic rings. The van der Waals surface area contributed by atoms with Gasteiger partial charge in [0.25, 0.3) is 0 Å². The maximum Gasteiger partial charge on any atom is 0.237 e. The molecule has 0 spiro atoms. The van der Waals surface area contributed by atoms with Crippen molar-refractivity contribution < 1.29 is 9.53 Å². The van der Waals surface area contributed by atoms with E-state index < -0.39 is 6.04 Å². The lowest BCUT2D eigenvalue weighted by Gasteiger charge is -2.24. The molecule has 1 amide bonds. The summed E-state index contributed by atoms with van der Waals surface area (Å²) in [5.74, 6) is 0.802. The number of methoxy groups -OCH3 is 1. The standard InChI is InChI=1S/C10H22N2O2S.ClH/c1-10(2,14-3)7-12-9(13)8(11)5-6-15-4;/h8H,5-7,11H2,1-4H3,(H,12,13);1H/t8-;/m0./s1. The highest BCUT2D eigenvalue weighted by Crippen LogP contribution is 2.05. The zero-order valence-electron chi connectivity index (χ0n) is 10.4. The summed E-state index contributed by atoms with van der Waals surface area (Å²) in [4.78, 5) is 11.5. The Morgan fingerprint density at radius 2 is 2.12 bits per heavy atom. The van der Waals surface area contributed by atoms with Crippen LogP contribution in [0.25, 0.3) is 0 Å². The molecule has 0 aliphatic heterocycles. The average molecular weight is 271 g/mol. The Kier molecular flexibility index (Phi) is 10.5. The van der Waals surface area contributed by atoms with Gasteiger partial charge in [-0.3, -0.25) is 4.79 Å². The summed E-state index contributed by atoms with van der Waals surface area (Å²) in [5, 5.41) is 2.78. The lowest BCUT2D eigenvalue weighted by Crippen LogP contribution is -2.46. The van der Waals surface area contributed by atoms with Crippen LogP contribution < -0.4 is 11.1 Å². The van der Waals surface area contributed by atoms with Gasteiger partial charge in [-0.15, -0.1) is 12.4 Å². The van der Waals surface area contributed by atoms with Crippen molar-refractivity contribution in [3.05, 3.63) is 0 Å². The average Bonchev–Trinajstić information content (AvgIpc) is 2.22. The third-order valence-electron chi connectivity index (χ3n) is 2.21. The quantitative estimate of drug-likeness (QED) is 0.725. The van der Waals surface area contributed by atoms with Gasteiger partial charge >= 0.3 is 0 Å². The van der Waals surface area contributed by atoms with Gasteiger partial charge in [-0.1, -0.05) is 0 Å². The van der Waals surface area contributed by atoms with Crippen molar-refractivity contribution in [3.8, 4) is 0 Å². The van der Waals surface area contributed by atoms with Crippen molar-refractivity contribution in [1.82, 2.24) is 5.32 Å². The van der Waals surface area contributed by atoms with E-state index in [1.54, 1.807) is 18.9 Å². The number of hydrogen-bond donors (Lipinski definition) is 2. The van der Waals surface area contributed by atoms with Crippen molar-refractivity contribution in [2.75, 3.05) is 25.7 Å². The number of thioether (sulfide) groups is 1. The fraction of sp³-hybridized carbons (Fsp3) is 0.900. The maximum atomic E-state index is 11.5. The summed E-state index contributed by atoms with van der Waals surface area (Å²) in [6, 6.07) is -0.412. The third kappa shape index (κ3) is 8.21. The van der Waals surface area contributed by atoms with E-state index >= 15 is 0 Å². The van der Waals surface area contributed by atoms with Gasteiger partial charge in [0.05, 0.1) is 11.6 Å². The Labute approximate surface area is 108 Å². The molecule has 0 aromatic rings. The van der Waals surface area contributed by atoms with E-state index in [2.05, 4.69) is 5.32 Å². The number of nitrogens with one attached hydrogen (secondary N) is 1. The van der Waals surface area contributed by atoms with Crippen molar-refractivity contribution in [3.63, 3.8) is 0 Å². The van der Waals surface area contributed by atoms with Gasteiger partial charge in [-0.25, -0.2) is 0 Å². The minimum absolute atomic E-state index is 0. The monoisotopic (exact) mass is 270 g/mol.